The molecule has 1 aromatic carbocycles. The summed E-state index contributed by atoms with van der Waals surface area (Å²) in [7, 11) is 0. The van der Waals surface area contributed by atoms with Crippen LogP contribution in [0, 0.1) is 0 Å². The van der Waals surface area contributed by atoms with E-state index in [2.05, 4.69) is 29.6 Å². The van der Waals surface area contributed by atoms with Crippen molar-refractivity contribution in [2.75, 3.05) is 11.9 Å². The van der Waals surface area contributed by atoms with Crippen LogP contribution in [0.15, 0.2) is 24.3 Å². The molecule has 2 aliphatic rings. The quantitative estimate of drug-likeness (QED) is 0.758. The van der Waals surface area contributed by atoms with Crippen LogP contribution >= 0.6 is 0 Å². The van der Waals surface area contributed by atoms with E-state index < -0.39 is 0 Å². The number of anilines is 1. The van der Waals surface area contributed by atoms with Crippen molar-refractivity contribution in [1.29, 1.82) is 0 Å². The first-order valence-electron chi connectivity index (χ1n) is 6.34. The minimum atomic E-state index is 0.212. The highest BCUT2D eigenvalue weighted by atomic mass is 16.3. The Labute approximate surface area is 96.7 Å². The first-order valence-corrected chi connectivity index (χ1v) is 6.34. The Hall–Kier alpha value is -1.02. The maximum absolute atomic E-state index is 9.59. The lowest BCUT2D eigenvalue weighted by Gasteiger charge is -2.38. The molecule has 2 nitrogen and oxygen atoms in total. The van der Waals surface area contributed by atoms with Crippen LogP contribution in [0.4, 0.5) is 5.69 Å². The van der Waals surface area contributed by atoms with Crippen molar-refractivity contribution >= 4 is 5.69 Å². The summed E-state index contributed by atoms with van der Waals surface area (Å²) >= 11 is 0. The largest absolute Gasteiger partial charge is 0.394 e. The monoisotopic (exact) mass is 217 g/mol. The molecule has 1 aliphatic heterocycles. The van der Waals surface area contributed by atoms with Gasteiger partial charge in [0.15, 0.2) is 0 Å². The zero-order valence-corrected chi connectivity index (χ0v) is 9.58. The van der Waals surface area contributed by atoms with E-state index >= 15 is 0 Å². The normalized spacial score (nSPS) is 26.4. The van der Waals surface area contributed by atoms with E-state index in [1.807, 2.05) is 0 Å². The van der Waals surface area contributed by atoms with Crippen molar-refractivity contribution in [3.8, 4) is 0 Å². The van der Waals surface area contributed by atoms with Gasteiger partial charge in [-0.05, 0) is 24.5 Å². The Morgan fingerprint density at radius 1 is 1.19 bits per heavy atom. The van der Waals surface area contributed by atoms with E-state index in [1.54, 1.807) is 0 Å². The van der Waals surface area contributed by atoms with Gasteiger partial charge in [-0.3, -0.25) is 0 Å². The van der Waals surface area contributed by atoms with E-state index in [-0.39, 0.29) is 18.1 Å². The molecule has 1 heterocycles. The van der Waals surface area contributed by atoms with Crippen LogP contribution in [0.5, 0.6) is 0 Å². The summed E-state index contributed by atoms with van der Waals surface area (Å²) < 4.78 is 0. The fourth-order valence-electron chi connectivity index (χ4n) is 3.58. The Morgan fingerprint density at radius 3 is 2.69 bits per heavy atom. The lowest BCUT2D eigenvalue weighted by molar-refractivity contribution is 0.187. The molecule has 1 atom stereocenters. The molecule has 3 rings (SSSR count). The predicted octanol–water partition coefficient (Wildman–Crippen LogP) is 2.67. The van der Waals surface area contributed by atoms with Crippen LogP contribution in [-0.2, 0) is 5.41 Å². The molecule has 0 aromatic heterocycles. The van der Waals surface area contributed by atoms with E-state index in [0.29, 0.717) is 0 Å². The summed E-state index contributed by atoms with van der Waals surface area (Å²) in [5.74, 6) is 0. The maximum Gasteiger partial charge on any atom is 0.0641 e. The molecular weight excluding hydrogens is 198 g/mol. The number of benzene rings is 1. The van der Waals surface area contributed by atoms with E-state index in [4.69, 9.17) is 0 Å². The first-order chi connectivity index (χ1) is 7.87. The molecule has 0 amide bonds. The Balaban J connectivity index is 2.06. The number of hydrogen-bond acceptors (Lipinski definition) is 2. The average Bonchev–Trinajstić information content (AvgIpc) is 2.65. The second-order valence-corrected chi connectivity index (χ2v) is 5.14. The highest BCUT2D eigenvalue weighted by Crippen LogP contribution is 2.49. The topological polar surface area (TPSA) is 32.3 Å². The van der Waals surface area contributed by atoms with Crippen molar-refractivity contribution in [3.05, 3.63) is 29.8 Å². The third-order valence-electron chi connectivity index (χ3n) is 4.39. The summed E-state index contributed by atoms with van der Waals surface area (Å²) in [6.45, 7) is 0.245. The highest BCUT2D eigenvalue weighted by Gasteiger charge is 2.46. The zero-order chi connectivity index (χ0) is 11.0. The highest BCUT2D eigenvalue weighted by molar-refractivity contribution is 5.62. The smallest absolute Gasteiger partial charge is 0.0641 e. The molecule has 2 N–H and O–H groups in total. The Bertz CT molecular complexity index is 382. The van der Waals surface area contributed by atoms with Crippen LogP contribution < -0.4 is 5.32 Å². The maximum atomic E-state index is 9.59. The van der Waals surface area contributed by atoms with Crippen molar-refractivity contribution < 1.29 is 5.11 Å². The molecule has 2 heteroatoms. The van der Waals surface area contributed by atoms with Crippen LogP contribution in [0.25, 0.3) is 0 Å². The molecule has 16 heavy (non-hydrogen) atoms. The van der Waals surface area contributed by atoms with Gasteiger partial charge in [0.2, 0.25) is 0 Å². The standard InChI is InChI=1S/C14H19NO/c16-10-13-14(8-4-1-5-9-14)11-6-2-3-7-12(11)15-13/h2-3,6-7,13,15-16H,1,4-5,8-10H2/t13-/m1/s1. The SMILES string of the molecule is OC[C@H]1Nc2ccccc2C12CCCCC2. The van der Waals surface area contributed by atoms with Gasteiger partial charge in [-0.15, -0.1) is 0 Å². The summed E-state index contributed by atoms with van der Waals surface area (Å²) in [5.41, 5.74) is 2.89. The van der Waals surface area contributed by atoms with Gasteiger partial charge >= 0.3 is 0 Å². The second-order valence-electron chi connectivity index (χ2n) is 5.14. The molecule has 0 unspecified atom stereocenters. The number of fused-ring (bicyclic) bond motifs is 2. The molecule has 1 aliphatic carbocycles. The molecule has 0 bridgehead atoms. The van der Waals surface area contributed by atoms with Gasteiger partial charge in [-0.2, -0.15) is 0 Å². The minimum absolute atomic E-state index is 0.212. The van der Waals surface area contributed by atoms with Gasteiger partial charge in [0, 0.05) is 11.1 Å². The van der Waals surface area contributed by atoms with Gasteiger partial charge in [0.25, 0.3) is 0 Å². The number of nitrogens with one attached hydrogen (secondary N) is 1. The van der Waals surface area contributed by atoms with Gasteiger partial charge in [-0.1, -0.05) is 37.5 Å². The summed E-state index contributed by atoms with van der Waals surface area (Å²) in [6.07, 6.45) is 6.39. The van der Waals surface area contributed by atoms with Crippen molar-refractivity contribution in [2.45, 2.75) is 43.6 Å². The summed E-state index contributed by atoms with van der Waals surface area (Å²) in [6, 6.07) is 8.80. The van der Waals surface area contributed by atoms with Gasteiger partial charge in [-0.25, -0.2) is 0 Å². The summed E-state index contributed by atoms with van der Waals surface area (Å²) in [5, 5.41) is 13.1. The van der Waals surface area contributed by atoms with Crippen molar-refractivity contribution in [2.24, 2.45) is 0 Å². The van der Waals surface area contributed by atoms with Crippen LogP contribution in [-0.4, -0.2) is 17.8 Å². The lowest BCUT2D eigenvalue weighted by atomic mass is 9.67. The number of para-hydroxylation sites is 1. The molecule has 0 radical (unpaired) electrons. The Kier molecular flexibility index (Phi) is 2.40. The molecule has 86 valence electrons. The minimum Gasteiger partial charge on any atom is -0.394 e. The van der Waals surface area contributed by atoms with E-state index in [1.165, 1.54) is 43.4 Å². The predicted molar refractivity (Wildman–Crippen MR) is 65.7 cm³/mol. The van der Waals surface area contributed by atoms with Crippen molar-refractivity contribution in [1.82, 2.24) is 0 Å². The summed E-state index contributed by atoms with van der Waals surface area (Å²) in [4.78, 5) is 0. The molecular formula is C14H19NO. The van der Waals surface area contributed by atoms with Crippen LogP contribution in [0.2, 0.25) is 0 Å². The third kappa shape index (κ3) is 1.29. The Morgan fingerprint density at radius 2 is 1.94 bits per heavy atom. The molecule has 0 saturated heterocycles. The van der Waals surface area contributed by atoms with Crippen LogP contribution in [0.3, 0.4) is 0 Å². The van der Waals surface area contributed by atoms with Gasteiger partial charge in [0.05, 0.1) is 12.6 Å². The molecule has 1 aromatic rings. The third-order valence-corrected chi connectivity index (χ3v) is 4.39. The zero-order valence-electron chi connectivity index (χ0n) is 9.58. The first kappa shape index (κ1) is 10.2. The van der Waals surface area contributed by atoms with Crippen LogP contribution in [0.1, 0.15) is 37.7 Å². The molecule has 1 fully saturated rings. The van der Waals surface area contributed by atoms with Crippen molar-refractivity contribution in [3.63, 3.8) is 0 Å². The van der Waals surface area contributed by atoms with Gasteiger partial charge < -0.3 is 10.4 Å². The molecule has 1 saturated carbocycles. The number of rotatable bonds is 1. The van der Waals surface area contributed by atoms with E-state index in [0.717, 1.165) is 0 Å². The number of hydrogen-bond donors (Lipinski definition) is 2. The lowest BCUT2D eigenvalue weighted by Crippen LogP contribution is -2.42. The number of aliphatic hydroxyl groups is 1. The molecule has 1 spiro atoms. The van der Waals surface area contributed by atoms with Gasteiger partial charge in [0.1, 0.15) is 0 Å². The van der Waals surface area contributed by atoms with E-state index in [9.17, 15) is 5.11 Å². The second kappa shape index (κ2) is 3.77. The fourth-order valence-corrected chi connectivity index (χ4v) is 3.58. The number of aliphatic hydroxyl groups excluding tert-OH is 1. The average molecular weight is 217 g/mol. The fraction of sp³-hybridized carbons (Fsp3) is 0.571.